The minimum absolute atomic E-state index is 0.0356. The van der Waals surface area contributed by atoms with Gasteiger partial charge in [0.2, 0.25) is 0 Å². The molecule has 0 unspecified atom stereocenters. The van der Waals surface area contributed by atoms with Gasteiger partial charge in [0, 0.05) is 12.8 Å². The van der Waals surface area contributed by atoms with E-state index in [-0.39, 0.29) is 31.5 Å². The number of hydrogen-bond donors (Lipinski definition) is 2. The van der Waals surface area contributed by atoms with Crippen LogP contribution in [0.15, 0.2) is 0 Å². The molecule has 1 aliphatic carbocycles. The largest absolute Gasteiger partial charge is 0.390 e. The molecular formula is C8H12F2O3. The lowest BCUT2D eigenvalue weighted by molar-refractivity contribution is -0.211. The lowest BCUT2D eigenvalue weighted by Gasteiger charge is -2.37. The average molecular weight is 194 g/mol. The number of aliphatic hydroxyl groups excluding tert-OH is 1. The zero-order valence-electron chi connectivity index (χ0n) is 7.09. The maximum Gasteiger partial charge on any atom is 0.298 e. The van der Waals surface area contributed by atoms with E-state index in [1.165, 1.54) is 0 Å². The van der Waals surface area contributed by atoms with Crippen LogP contribution in [-0.2, 0) is 4.79 Å². The molecule has 5 heteroatoms. The standard InChI is InChI=1S/C8H12F2O3/c9-8(10,5-11)7(13)3-1-6(12)2-4-7/h11,13H,1-5H2. The molecule has 0 heterocycles. The average Bonchev–Trinajstić information content (AvgIpc) is 2.10. The van der Waals surface area contributed by atoms with Gasteiger partial charge in [0.05, 0.1) is 0 Å². The first-order chi connectivity index (χ1) is 5.91. The Kier molecular flexibility index (Phi) is 2.68. The first-order valence-corrected chi connectivity index (χ1v) is 4.14. The molecule has 0 aliphatic heterocycles. The number of hydrogen-bond acceptors (Lipinski definition) is 3. The molecule has 0 atom stereocenters. The van der Waals surface area contributed by atoms with Crippen molar-refractivity contribution in [3.8, 4) is 0 Å². The van der Waals surface area contributed by atoms with Gasteiger partial charge in [-0.1, -0.05) is 0 Å². The summed E-state index contributed by atoms with van der Waals surface area (Å²) in [5, 5.41) is 17.8. The first-order valence-electron chi connectivity index (χ1n) is 4.14. The van der Waals surface area contributed by atoms with E-state index >= 15 is 0 Å². The smallest absolute Gasteiger partial charge is 0.298 e. The molecule has 1 fully saturated rings. The summed E-state index contributed by atoms with van der Waals surface area (Å²) in [6.07, 6.45) is -0.600. The van der Waals surface area contributed by atoms with E-state index in [1.807, 2.05) is 0 Å². The highest BCUT2D eigenvalue weighted by Gasteiger charge is 2.53. The van der Waals surface area contributed by atoms with Crippen molar-refractivity contribution in [3.05, 3.63) is 0 Å². The second kappa shape index (κ2) is 3.31. The molecule has 1 rings (SSSR count). The maximum absolute atomic E-state index is 12.9. The van der Waals surface area contributed by atoms with Crippen LogP contribution in [0.2, 0.25) is 0 Å². The molecule has 0 aromatic rings. The molecule has 1 aliphatic rings. The van der Waals surface area contributed by atoms with Crippen molar-refractivity contribution < 1.29 is 23.8 Å². The van der Waals surface area contributed by atoms with Crippen molar-refractivity contribution in [2.24, 2.45) is 0 Å². The lowest BCUT2D eigenvalue weighted by atomic mass is 9.80. The third-order valence-electron chi connectivity index (χ3n) is 2.51. The van der Waals surface area contributed by atoms with E-state index in [2.05, 4.69) is 0 Å². The second-order valence-electron chi connectivity index (χ2n) is 3.43. The van der Waals surface area contributed by atoms with E-state index in [0.29, 0.717) is 0 Å². The summed E-state index contributed by atoms with van der Waals surface area (Å²) >= 11 is 0. The molecule has 0 amide bonds. The fraction of sp³-hybridized carbons (Fsp3) is 0.875. The van der Waals surface area contributed by atoms with Crippen molar-refractivity contribution in [2.45, 2.75) is 37.2 Å². The summed E-state index contributed by atoms with van der Waals surface area (Å²) < 4.78 is 25.9. The fourth-order valence-corrected chi connectivity index (χ4v) is 1.46. The van der Waals surface area contributed by atoms with E-state index in [1.54, 1.807) is 0 Å². The van der Waals surface area contributed by atoms with Gasteiger partial charge in [-0.2, -0.15) is 0 Å². The van der Waals surface area contributed by atoms with Gasteiger partial charge < -0.3 is 10.2 Å². The Labute approximate surface area is 74.4 Å². The van der Waals surface area contributed by atoms with Crippen LogP contribution in [0.1, 0.15) is 25.7 Å². The van der Waals surface area contributed by atoms with Crippen LogP contribution in [0.4, 0.5) is 8.78 Å². The molecule has 13 heavy (non-hydrogen) atoms. The van der Waals surface area contributed by atoms with Gasteiger partial charge in [-0.25, -0.2) is 8.78 Å². The van der Waals surface area contributed by atoms with Gasteiger partial charge in [-0.3, -0.25) is 4.79 Å². The monoisotopic (exact) mass is 194 g/mol. The summed E-state index contributed by atoms with van der Waals surface area (Å²) in [4.78, 5) is 10.7. The first kappa shape index (κ1) is 10.5. The predicted octanol–water partition coefficient (Wildman–Crippen LogP) is 0.488. The third kappa shape index (κ3) is 1.86. The molecule has 0 aromatic carbocycles. The number of aliphatic hydroxyl groups is 2. The molecule has 0 saturated heterocycles. The Morgan fingerprint density at radius 3 is 2.23 bits per heavy atom. The maximum atomic E-state index is 12.9. The highest BCUT2D eigenvalue weighted by Crippen LogP contribution is 2.39. The topological polar surface area (TPSA) is 57.5 Å². The molecule has 0 aromatic heterocycles. The van der Waals surface area contributed by atoms with Crippen LogP contribution in [0.5, 0.6) is 0 Å². The van der Waals surface area contributed by atoms with Crippen molar-refractivity contribution in [3.63, 3.8) is 0 Å². The van der Waals surface area contributed by atoms with Gasteiger partial charge in [0.1, 0.15) is 18.0 Å². The van der Waals surface area contributed by atoms with E-state index in [4.69, 9.17) is 5.11 Å². The van der Waals surface area contributed by atoms with Crippen LogP contribution >= 0.6 is 0 Å². The number of Topliss-reactive ketones (excluding diaryl/α,β-unsaturated/α-hetero) is 1. The molecule has 0 bridgehead atoms. The predicted molar refractivity (Wildman–Crippen MR) is 40.5 cm³/mol. The lowest BCUT2D eigenvalue weighted by Crippen LogP contribution is -2.52. The number of ketones is 1. The zero-order chi connectivity index (χ0) is 10.1. The minimum atomic E-state index is -3.51. The van der Waals surface area contributed by atoms with Crippen molar-refractivity contribution in [2.75, 3.05) is 6.61 Å². The molecule has 2 N–H and O–H groups in total. The van der Waals surface area contributed by atoms with Crippen LogP contribution in [0.25, 0.3) is 0 Å². The van der Waals surface area contributed by atoms with E-state index < -0.39 is 18.1 Å². The van der Waals surface area contributed by atoms with E-state index in [9.17, 15) is 18.7 Å². The Hall–Kier alpha value is -0.550. The fourth-order valence-electron chi connectivity index (χ4n) is 1.46. The van der Waals surface area contributed by atoms with Gasteiger partial charge in [-0.15, -0.1) is 0 Å². The molecule has 1 saturated carbocycles. The minimum Gasteiger partial charge on any atom is -0.390 e. The summed E-state index contributed by atoms with van der Waals surface area (Å²) in [5.41, 5.74) is -2.20. The van der Waals surface area contributed by atoms with Crippen molar-refractivity contribution >= 4 is 5.78 Å². The zero-order valence-corrected chi connectivity index (χ0v) is 7.09. The Bertz CT molecular complexity index is 205. The van der Waals surface area contributed by atoms with Crippen LogP contribution in [0, 0.1) is 0 Å². The van der Waals surface area contributed by atoms with Crippen LogP contribution in [-0.4, -0.2) is 34.1 Å². The van der Waals surface area contributed by atoms with Crippen molar-refractivity contribution in [1.82, 2.24) is 0 Å². The molecule has 0 radical (unpaired) electrons. The third-order valence-corrected chi connectivity index (χ3v) is 2.51. The highest BCUT2D eigenvalue weighted by atomic mass is 19.3. The molecular weight excluding hydrogens is 182 g/mol. The van der Waals surface area contributed by atoms with Gasteiger partial charge in [0.25, 0.3) is 5.92 Å². The number of halogens is 2. The van der Waals surface area contributed by atoms with Crippen LogP contribution in [0.3, 0.4) is 0 Å². The summed E-state index contributed by atoms with van der Waals surface area (Å²) in [6, 6.07) is 0. The van der Waals surface area contributed by atoms with E-state index in [0.717, 1.165) is 0 Å². The van der Waals surface area contributed by atoms with Gasteiger partial charge >= 0.3 is 0 Å². The Morgan fingerprint density at radius 1 is 1.38 bits per heavy atom. The number of carbonyl (C=O) groups is 1. The SMILES string of the molecule is O=C1CCC(O)(C(F)(F)CO)CC1. The summed E-state index contributed by atoms with van der Waals surface area (Å²) in [7, 11) is 0. The van der Waals surface area contributed by atoms with Gasteiger partial charge in [-0.05, 0) is 12.8 Å². The summed E-state index contributed by atoms with van der Waals surface area (Å²) in [5.74, 6) is -3.62. The Balaban J connectivity index is 2.72. The highest BCUT2D eigenvalue weighted by molar-refractivity contribution is 5.79. The number of carbonyl (C=O) groups excluding carboxylic acids is 1. The quantitative estimate of drug-likeness (QED) is 0.672. The number of alkyl halides is 2. The normalized spacial score (nSPS) is 23.2. The molecule has 76 valence electrons. The molecule has 3 nitrogen and oxygen atoms in total. The van der Waals surface area contributed by atoms with Gasteiger partial charge in [0.15, 0.2) is 0 Å². The van der Waals surface area contributed by atoms with Crippen LogP contribution < -0.4 is 0 Å². The molecule has 0 spiro atoms. The van der Waals surface area contributed by atoms with Crippen molar-refractivity contribution in [1.29, 1.82) is 0 Å². The summed E-state index contributed by atoms with van der Waals surface area (Å²) in [6.45, 7) is -1.38. The number of rotatable bonds is 2. The second-order valence-corrected chi connectivity index (χ2v) is 3.43. The Morgan fingerprint density at radius 2 is 1.85 bits per heavy atom.